The smallest absolute Gasteiger partial charge is 0.135 e. The van der Waals surface area contributed by atoms with E-state index in [4.69, 9.17) is 14.2 Å². The molecule has 0 fully saturated rings. The van der Waals surface area contributed by atoms with Crippen LogP contribution in [0.3, 0.4) is 0 Å². The summed E-state index contributed by atoms with van der Waals surface area (Å²) in [4.78, 5) is 0. The lowest BCUT2D eigenvalue weighted by atomic mass is 10.4. The van der Waals surface area contributed by atoms with Crippen LogP contribution < -0.4 is 0 Å². The number of unbranched alkanes of at least 4 members (excludes halogenated alkanes) is 2. The Morgan fingerprint density at radius 2 is 1.24 bits per heavy atom. The summed E-state index contributed by atoms with van der Waals surface area (Å²) < 4.78 is 16.1. The first kappa shape index (κ1) is 15.9. The van der Waals surface area contributed by atoms with E-state index in [0.29, 0.717) is 0 Å². The molecule has 0 N–H and O–H groups in total. The molecule has 0 aliphatic heterocycles. The third-order valence-electron chi connectivity index (χ3n) is 2.05. The van der Waals surface area contributed by atoms with Gasteiger partial charge in [-0.2, -0.15) is 0 Å². The van der Waals surface area contributed by atoms with Gasteiger partial charge >= 0.3 is 0 Å². The largest absolute Gasteiger partial charge is 0.498 e. The average molecular weight is 242 g/mol. The summed E-state index contributed by atoms with van der Waals surface area (Å²) in [5, 5.41) is 0. The fraction of sp³-hybridized carbons (Fsp3) is 0.714. The first-order chi connectivity index (χ1) is 8.20. The van der Waals surface area contributed by atoms with Crippen LogP contribution in [0.2, 0.25) is 0 Å². The SMILES string of the molecule is CCCCO/C=C(/C)O/C(C)=C\OCCCC. The third kappa shape index (κ3) is 11.1. The Morgan fingerprint density at radius 1 is 0.824 bits per heavy atom. The van der Waals surface area contributed by atoms with Crippen LogP contribution in [-0.2, 0) is 14.2 Å². The Labute approximate surface area is 105 Å². The van der Waals surface area contributed by atoms with Gasteiger partial charge in [0.25, 0.3) is 0 Å². The fourth-order valence-electron chi connectivity index (χ4n) is 1.11. The number of rotatable bonds is 10. The lowest BCUT2D eigenvalue weighted by Gasteiger charge is -2.07. The van der Waals surface area contributed by atoms with Crippen LogP contribution in [0.15, 0.2) is 24.0 Å². The van der Waals surface area contributed by atoms with Crippen LogP contribution in [0.5, 0.6) is 0 Å². The van der Waals surface area contributed by atoms with Gasteiger partial charge in [0.15, 0.2) is 0 Å². The molecule has 0 aliphatic rings. The van der Waals surface area contributed by atoms with Gasteiger partial charge in [-0.1, -0.05) is 26.7 Å². The van der Waals surface area contributed by atoms with E-state index in [-0.39, 0.29) is 0 Å². The molecule has 0 aliphatic carbocycles. The van der Waals surface area contributed by atoms with Crippen molar-refractivity contribution in [1.82, 2.24) is 0 Å². The molecule has 0 unspecified atom stereocenters. The fourth-order valence-corrected chi connectivity index (χ4v) is 1.11. The second-order valence-electron chi connectivity index (χ2n) is 4.01. The van der Waals surface area contributed by atoms with Crippen LogP contribution in [0.25, 0.3) is 0 Å². The van der Waals surface area contributed by atoms with E-state index in [1.54, 1.807) is 12.5 Å². The van der Waals surface area contributed by atoms with Gasteiger partial charge in [0, 0.05) is 0 Å². The third-order valence-corrected chi connectivity index (χ3v) is 2.05. The van der Waals surface area contributed by atoms with Crippen molar-refractivity contribution < 1.29 is 14.2 Å². The maximum Gasteiger partial charge on any atom is 0.135 e. The molecular weight excluding hydrogens is 216 g/mol. The second-order valence-corrected chi connectivity index (χ2v) is 4.01. The topological polar surface area (TPSA) is 27.7 Å². The predicted molar refractivity (Wildman–Crippen MR) is 70.3 cm³/mol. The number of allylic oxidation sites excluding steroid dienone is 2. The summed E-state index contributed by atoms with van der Waals surface area (Å²) in [5.41, 5.74) is 0. The molecule has 0 saturated carbocycles. The van der Waals surface area contributed by atoms with E-state index in [1.165, 1.54) is 0 Å². The normalized spacial score (nSPS) is 12.5. The number of hydrogen-bond donors (Lipinski definition) is 0. The Hall–Kier alpha value is -1.12. The van der Waals surface area contributed by atoms with E-state index < -0.39 is 0 Å². The van der Waals surface area contributed by atoms with Gasteiger partial charge in [-0.3, -0.25) is 0 Å². The summed E-state index contributed by atoms with van der Waals surface area (Å²) in [7, 11) is 0. The molecule has 0 atom stereocenters. The van der Waals surface area contributed by atoms with Crippen LogP contribution in [-0.4, -0.2) is 13.2 Å². The van der Waals surface area contributed by atoms with Crippen molar-refractivity contribution in [3.63, 3.8) is 0 Å². The molecule has 0 bridgehead atoms. The molecule has 0 saturated heterocycles. The Morgan fingerprint density at radius 3 is 1.59 bits per heavy atom. The van der Waals surface area contributed by atoms with Crippen LogP contribution in [0.1, 0.15) is 53.4 Å². The zero-order valence-electron chi connectivity index (χ0n) is 11.6. The maximum absolute atomic E-state index is 5.48. The van der Waals surface area contributed by atoms with Gasteiger partial charge in [-0.25, -0.2) is 0 Å². The lowest BCUT2D eigenvalue weighted by molar-refractivity contribution is 0.193. The maximum atomic E-state index is 5.48. The highest BCUT2D eigenvalue weighted by Crippen LogP contribution is 2.06. The summed E-state index contributed by atoms with van der Waals surface area (Å²) in [5.74, 6) is 1.49. The summed E-state index contributed by atoms with van der Waals surface area (Å²) in [6.07, 6.45) is 7.71. The molecule has 0 aromatic heterocycles. The molecule has 3 nitrogen and oxygen atoms in total. The predicted octanol–water partition coefficient (Wildman–Crippen LogP) is 4.36. The standard InChI is InChI=1S/C14H26O3/c1-5-7-9-15-11-13(3)17-14(4)12-16-10-8-6-2/h11-12H,5-10H2,1-4H3/b13-11-,14-12-. The minimum Gasteiger partial charge on any atom is -0.498 e. The second kappa shape index (κ2) is 11.4. The Kier molecular flexibility index (Phi) is 10.6. The van der Waals surface area contributed by atoms with Gasteiger partial charge in [-0.15, -0.1) is 0 Å². The van der Waals surface area contributed by atoms with E-state index >= 15 is 0 Å². The summed E-state index contributed by atoms with van der Waals surface area (Å²) >= 11 is 0. The van der Waals surface area contributed by atoms with Gasteiger partial charge in [0.1, 0.15) is 24.0 Å². The summed E-state index contributed by atoms with van der Waals surface area (Å²) in [6, 6.07) is 0. The Balaban J connectivity index is 3.73. The molecule has 3 heteroatoms. The van der Waals surface area contributed by atoms with E-state index in [1.807, 2.05) is 13.8 Å². The molecule has 0 heterocycles. The Bertz CT molecular complexity index is 208. The summed E-state index contributed by atoms with van der Waals surface area (Å²) in [6.45, 7) is 9.50. The lowest BCUT2D eigenvalue weighted by Crippen LogP contribution is -1.93. The molecule has 0 spiro atoms. The van der Waals surface area contributed by atoms with Gasteiger partial charge < -0.3 is 14.2 Å². The molecule has 0 radical (unpaired) electrons. The van der Waals surface area contributed by atoms with Gasteiger partial charge in [-0.05, 0) is 26.7 Å². The quantitative estimate of drug-likeness (QED) is 0.421. The zero-order valence-corrected chi connectivity index (χ0v) is 11.6. The zero-order chi connectivity index (χ0) is 12.9. The van der Waals surface area contributed by atoms with Crippen molar-refractivity contribution >= 4 is 0 Å². The van der Waals surface area contributed by atoms with Crippen molar-refractivity contribution in [3.8, 4) is 0 Å². The molecule has 0 amide bonds. The highest BCUT2D eigenvalue weighted by atomic mass is 16.5. The monoisotopic (exact) mass is 242 g/mol. The molecular formula is C14H26O3. The van der Waals surface area contributed by atoms with E-state index in [2.05, 4.69) is 13.8 Å². The number of hydrogen-bond acceptors (Lipinski definition) is 3. The van der Waals surface area contributed by atoms with Crippen molar-refractivity contribution in [2.75, 3.05) is 13.2 Å². The van der Waals surface area contributed by atoms with Crippen molar-refractivity contribution in [1.29, 1.82) is 0 Å². The van der Waals surface area contributed by atoms with Crippen molar-refractivity contribution in [2.24, 2.45) is 0 Å². The molecule has 0 aromatic rings. The molecule has 0 rings (SSSR count). The van der Waals surface area contributed by atoms with Crippen LogP contribution >= 0.6 is 0 Å². The minimum atomic E-state index is 0.743. The molecule has 0 aromatic carbocycles. The highest BCUT2D eigenvalue weighted by Gasteiger charge is 1.94. The number of ether oxygens (including phenoxy) is 3. The van der Waals surface area contributed by atoms with Crippen LogP contribution in [0.4, 0.5) is 0 Å². The average Bonchev–Trinajstić information content (AvgIpc) is 2.30. The van der Waals surface area contributed by atoms with Crippen LogP contribution in [0, 0.1) is 0 Å². The van der Waals surface area contributed by atoms with Crippen molar-refractivity contribution in [2.45, 2.75) is 53.4 Å². The van der Waals surface area contributed by atoms with E-state index in [0.717, 1.165) is 50.4 Å². The van der Waals surface area contributed by atoms with Gasteiger partial charge in [0.2, 0.25) is 0 Å². The van der Waals surface area contributed by atoms with E-state index in [9.17, 15) is 0 Å². The molecule has 17 heavy (non-hydrogen) atoms. The minimum absolute atomic E-state index is 0.743. The first-order valence-electron chi connectivity index (χ1n) is 6.45. The van der Waals surface area contributed by atoms with Crippen molar-refractivity contribution in [3.05, 3.63) is 24.0 Å². The van der Waals surface area contributed by atoms with Gasteiger partial charge in [0.05, 0.1) is 13.2 Å². The molecule has 100 valence electrons. The highest BCUT2D eigenvalue weighted by molar-refractivity contribution is 4.92. The first-order valence-corrected chi connectivity index (χ1v) is 6.45.